The highest BCUT2D eigenvalue weighted by atomic mass is 32.9. The Morgan fingerprint density at radius 3 is 2.18 bits per heavy atom. The van der Waals surface area contributed by atoms with E-state index in [2.05, 4.69) is 19.2 Å². The highest BCUT2D eigenvalue weighted by Gasteiger charge is 1.90. The van der Waals surface area contributed by atoms with Gasteiger partial charge in [-0.3, -0.25) is 0 Å². The standard InChI is InChI=1S/C8H19PS2/c1-2-3-4-5-6-7-8-9(10)11/h9H,2-8H2,1H3,(H,10,11). The van der Waals surface area contributed by atoms with Gasteiger partial charge in [0.15, 0.2) is 0 Å². The smallest absolute Gasteiger partial charge is 0.00859 e. The summed E-state index contributed by atoms with van der Waals surface area (Å²) >= 11 is 9.30. The number of rotatable bonds is 7. The summed E-state index contributed by atoms with van der Waals surface area (Å²) in [6.45, 7) is 2.25. The molecule has 0 aliphatic carbocycles. The fourth-order valence-corrected chi connectivity index (χ4v) is 2.52. The van der Waals surface area contributed by atoms with Crippen LogP contribution in [0.15, 0.2) is 0 Å². The summed E-state index contributed by atoms with van der Waals surface area (Å²) in [5.74, 6) is -0.649. The van der Waals surface area contributed by atoms with Crippen LogP contribution in [0, 0.1) is 0 Å². The molecule has 3 heteroatoms. The van der Waals surface area contributed by atoms with Crippen LogP contribution < -0.4 is 0 Å². The molecule has 1 unspecified atom stereocenters. The SMILES string of the molecule is CCCCCCCC[PH](=S)S. The molecule has 0 nitrogen and oxygen atoms in total. The topological polar surface area (TPSA) is 0 Å². The van der Waals surface area contributed by atoms with E-state index in [1.807, 2.05) is 0 Å². The molecule has 0 aromatic heterocycles. The first kappa shape index (κ1) is 12.0. The highest BCUT2D eigenvalue weighted by molar-refractivity contribution is 8.56. The van der Waals surface area contributed by atoms with Crippen LogP contribution in [0.3, 0.4) is 0 Å². The van der Waals surface area contributed by atoms with Gasteiger partial charge in [-0.05, 0) is 18.5 Å². The Hall–Kier alpha value is 1.00. The predicted molar refractivity (Wildman–Crippen MR) is 62.9 cm³/mol. The first-order valence-corrected chi connectivity index (χ1v) is 8.62. The van der Waals surface area contributed by atoms with Gasteiger partial charge in [0.2, 0.25) is 0 Å². The Labute approximate surface area is 81.7 Å². The lowest BCUT2D eigenvalue weighted by Crippen LogP contribution is -1.79. The number of hydrogen-bond donors (Lipinski definition) is 1. The van der Waals surface area contributed by atoms with Crippen LogP contribution in [-0.2, 0) is 11.8 Å². The third-order valence-electron chi connectivity index (χ3n) is 1.74. The lowest BCUT2D eigenvalue weighted by atomic mass is 10.1. The summed E-state index contributed by atoms with van der Waals surface area (Å²) in [5.41, 5.74) is 0. The first-order valence-electron chi connectivity index (χ1n) is 4.49. The van der Waals surface area contributed by atoms with Crippen molar-refractivity contribution in [3.63, 3.8) is 0 Å². The summed E-state index contributed by atoms with van der Waals surface area (Å²) in [4.78, 5) is 0. The normalized spacial score (nSPS) is 13.3. The molecule has 0 aromatic carbocycles. The number of thiol groups is 1. The molecule has 0 radical (unpaired) electrons. The highest BCUT2D eigenvalue weighted by Crippen LogP contribution is 2.27. The molecule has 0 heterocycles. The van der Waals surface area contributed by atoms with E-state index in [4.69, 9.17) is 11.8 Å². The summed E-state index contributed by atoms with van der Waals surface area (Å²) in [6, 6.07) is 0. The molecule has 1 atom stereocenters. The summed E-state index contributed by atoms with van der Waals surface area (Å²) < 4.78 is 0. The van der Waals surface area contributed by atoms with Crippen LogP contribution in [0.4, 0.5) is 0 Å². The predicted octanol–water partition coefficient (Wildman–Crippen LogP) is 3.87. The quantitative estimate of drug-likeness (QED) is 0.378. The molecule has 0 bridgehead atoms. The first-order chi connectivity index (χ1) is 5.27. The zero-order valence-corrected chi connectivity index (χ0v) is 10.0. The Morgan fingerprint density at radius 2 is 1.64 bits per heavy atom. The van der Waals surface area contributed by atoms with Gasteiger partial charge in [-0.2, -0.15) is 0 Å². The van der Waals surface area contributed by atoms with Gasteiger partial charge in [-0.25, -0.2) is 0 Å². The second kappa shape index (κ2) is 9.09. The van der Waals surface area contributed by atoms with Crippen molar-refractivity contribution in [3.8, 4) is 0 Å². The minimum absolute atomic E-state index is 0.649. The average molecular weight is 210 g/mol. The minimum Gasteiger partial charge on any atom is -0.144 e. The Kier molecular flexibility index (Phi) is 9.92. The van der Waals surface area contributed by atoms with E-state index in [1.165, 1.54) is 44.7 Å². The second-order valence-corrected chi connectivity index (χ2v) is 8.20. The van der Waals surface area contributed by atoms with E-state index in [1.54, 1.807) is 0 Å². The summed E-state index contributed by atoms with van der Waals surface area (Å²) in [6.07, 6.45) is 9.41. The van der Waals surface area contributed by atoms with Crippen molar-refractivity contribution in [2.24, 2.45) is 0 Å². The molecule has 0 aliphatic rings. The molecule has 0 rings (SSSR count). The molecule has 0 fully saturated rings. The zero-order valence-electron chi connectivity index (χ0n) is 7.31. The van der Waals surface area contributed by atoms with Crippen LogP contribution in [0.25, 0.3) is 0 Å². The summed E-state index contributed by atoms with van der Waals surface area (Å²) in [7, 11) is 0. The van der Waals surface area contributed by atoms with Gasteiger partial charge < -0.3 is 0 Å². The lowest BCUT2D eigenvalue weighted by Gasteiger charge is -1.98. The molecule has 0 aromatic rings. The fraction of sp³-hybridized carbons (Fsp3) is 1.00. The van der Waals surface area contributed by atoms with Crippen LogP contribution in [0.2, 0.25) is 0 Å². The van der Waals surface area contributed by atoms with E-state index in [9.17, 15) is 0 Å². The van der Waals surface area contributed by atoms with Crippen molar-refractivity contribution in [2.45, 2.75) is 45.4 Å². The Balaban J connectivity index is 2.85. The average Bonchev–Trinajstić information content (AvgIpc) is 1.96. The maximum Gasteiger partial charge on any atom is -0.00859 e. The third kappa shape index (κ3) is 11.0. The van der Waals surface area contributed by atoms with E-state index in [0.717, 1.165) is 0 Å². The van der Waals surface area contributed by atoms with Crippen molar-refractivity contribution < 1.29 is 0 Å². The van der Waals surface area contributed by atoms with Gasteiger partial charge in [-0.15, -0.1) is 12.2 Å². The van der Waals surface area contributed by atoms with E-state index in [0.29, 0.717) is 0 Å². The molecular weight excluding hydrogens is 191 g/mol. The molecule has 0 amide bonds. The monoisotopic (exact) mass is 210 g/mol. The molecule has 11 heavy (non-hydrogen) atoms. The van der Waals surface area contributed by atoms with E-state index in [-0.39, 0.29) is 0 Å². The van der Waals surface area contributed by atoms with Crippen LogP contribution in [-0.4, -0.2) is 6.16 Å². The van der Waals surface area contributed by atoms with Crippen molar-refractivity contribution in [1.29, 1.82) is 0 Å². The summed E-state index contributed by atoms with van der Waals surface area (Å²) in [5, 5.41) is 0. The van der Waals surface area contributed by atoms with Gasteiger partial charge in [0.25, 0.3) is 0 Å². The van der Waals surface area contributed by atoms with Crippen molar-refractivity contribution in [3.05, 3.63) is 0 Å². The zero-order chi connectivity index (χ0) is 8.53. The minimum atomic E-state index is -0.649. The van der Waals surface area contributed by atoms with Gasteiger partial charge in [0, 0.05) is 0 Å². The van der Waals surface area contributed by atoms with Gasteiger partial charge in [-0.1, -0.05) is 50.8 Å². The van der Waals surface area contributed by atoms with E-state index >= 15 is 0 Å². The van der Waals surface area contributed by atoms with Crippen LogP contribution in [0.5, 0.6) is 0 Å². The number of unbranched alkanes of at least 4 members (excludes halogenated alkanes) is 5. The number of hydrogen-bond acceptors (Lipinski definition) is 1. The molecule has 68 valence electrons. The second-order valence-electron chi connectivity index (χ2n) is 2.91. The third-order valence-corrected chi connectivity index (χ3v) is 3.81. The maximum atomic E-state index is 5.05. The van der Waals surface area contributed by atoms with Crippen molar-refractivity contribution >= 4 is 30.0 Å². The Morgan fingerprint density at radius 1 is 1.09 bits per heavy atom. The Bertz CT molecular complexity index is 104. The molecule has 0 aliphatic heterocycles. The van der Waals surface area contributed by atoms with Gasteiger partial charge >= 0.3 is 0 Å². The van der Waals surface area contributed by atoms with Crippen LogP contribution >= 0.6 is 18.1 Å². The van der Waals surface area contributed by atoms with Gasteiger partial charge in [0.05, 0.1) is 0 Å². The molecule has 0 saturated carbocycles. The fourth-order valence-electron chi connectivity index (χ4n) is 1.06. The lowest BCUT2D eigenvalue weighted by molar-refractivity contribution is 0.627. The molecule has 0 N–H and O–H groups in total. The van der Waals surface area contributed by atoms with Crippen molar-refractivity contribution in [1.82, 2.24) is 0 Å². The molecule has 0 spiro atoms. The van der Waals surface area contributed by atoms with E-state index < -0.39 is 5.90 Å². The maximum absolute atomic E-state index is 5.05. The molecule has 0 saturated heterocycles. The van der Waals surface area contributed by atoms with Gasteiger partial charge in [0.1, 0.15) is 0 Å². The van der Waals surface area contributed by atoms with Crippen molar-refractivity contribution in [2.75, 3.05) is 6.16 Å². The van der Waals surface area contributed by atoms with Crippen LogP contribution in [0.1, 0.15) is 45.4 Å². The molecular formula is C8H19PS2. The largest absolute Gasteiger partial charge is 0.144 e.